The van der Waals surface area contributed by atoms with Crippen LogP contribution in [0.4, 0.5) is 8.78 Å². The summed E-state index contributed by atoms with van der Waals surface area (Å²) in [7, 11) is 0. The van der Waals surface area contributed by atoms with Crippen LogP contribution in [0, 0.1) is 18.6 Å². The van der Waals surface area contributed by atoms with Crippen LogP contribution in [-0.2, 0) is 0 Å². The Morgan fingerprint density at radius 1 is 1.11 bits per heavy atom. The van der Waals surface area contributed by atoms with Gasteiger partial charge in [0.2, 0.25) is 0 Å². The number of halogens is 3. The van der Waals surface area contributed by atoms with Gasteiger partial charge in [0.05, 0.1) is 4.47 Å². The summed E-state index contributed by atoms with van der Waals surface area (Å²) < 4.78 is 26.6. The average molecular weight is 313 g/mol. The predicted molar refractivity (Wildman–Crippen MR) is 69.3 cm³/mol. The van der Waals surface area contributed by atoms with Crippen molar-refractivity contribution in [3.05, 3.63) is 69.2 Å². The molecule has 0 fully saturated rings. The minimum absolute atomic E-state index is 0.271. The van der Waals surface area contributed by atoms with E-state index in [0.29, 0.717) is 11.1 Å². The highest BCUT2D eigenvalue weighted by Gasteiger charge is 2.15. The molecule has 94 valence electrons. The maximum Gasteiger partial charge on any atom is 0.137 e. The van der Waals surface area contributed by atoms with Crippen molar-refractivity contribution in [2.75, 3.05) is 0 Å². The van der Waals surface area contributed by atoms with E-state index >= 15 is 0 Å². The minimum Gasteiger partial charge on any atom is -0.384 e. The van der Waals surface area contributed by atoms with Gasteiger partial charge in [-0.15, -0.1) is 0 Å². The number of aliphatic hydroxyl groups is 1. The predicted octanol–water partition coefficient (Wildman–Crippen LogP) is 4.12. The van der Waals surface area contributed by atoms with E-state index in [9.17, 15) is 13.9 Å². The molecule has 0 radical (unpaired) electrons. The maximum absolute atomic E-state index is 13.2. The van der Waals surface area contributed by atoms with Crippen molar-refractivity contribution in [3.8, 4) is 0 Å². The molecule has 1 N–H and O–H groups in total. The Labute approximate surface area is 112 Å². The smallest absolute Gasteiger partial charge is 0.137 e. The van der Waals surface area contributed by atoms with Gasteiger partial charge in [-0.05, 0) is 63.8 Å². The maximum atomic E-state index is 13.2. The third-order valence-electron chi connectivity index (χ3n) is 2.80. The van der Waals surface area contributed by atoms with Gasteiger partial charge in [-0.2, -0.15) is 0 Å². The third kappa shape index (κ3) is 2.60. The topological polar surface area (TPSA) is 20.2 Å². The molecule has 0 aliphatic carbocycles. The molecule has 0 amide bonds. The second-order valence-corrected chi connectivity index (χ2v) is 4.93. The SMILES string of the molecule is Cc1ccc(F)cc1C(O)c1ccc(F)c(Br)c1. The number of benzene rings is 2. The van der Waals surface area contributed by atoms with Crippen molar-refractivity contribution < 1.29 is 13.9 Å². The summed E-state index contributed by atoms with van der Waals surface area (Å²) >= 11 is 3.06. The minimum atomic E-state index is -0.974. The summed E-state index contributed by atoms with van der Waals surface area (Å²) in [6.07, 6.45) is -0.974. The summed E-state index contributed by atoms with van der Waals surface area (Å²) in [5.41, 5.74) is 1.77. The fourth-order valence-electron chi connectivity index (χ4n) is 1.77. The molecule has 1 nitrogen and oxygen atoms in total. The second kappa shape index (κ2) is 5.16. The summed E-state index contributed by atoms with van der Waals surface area (Å²) in [5, 5.41) is 10.2. The first-order valence-corrected chi connectivity index (χ1v) is 6.17. The molecule has 0 saturated heterocycles. The molecule has 2 aromatic rings. The lowest BCUT2D eigenvalue weighted by molar-refractivity contribution is 0.219. The van der Waals surface area contributed by atoms with E-state index in [1.165, 1.54) is 30.3 Å². The van der Waals surface area contributed by atoms with E-state index in [-0.39, 0.29) is 4.47 Å². The molecule has 0 heterocycles. The molecule has 1 unspecified atom stereocenters. The van der Waals surface area contributed by atoms with Crippen molar-refractivity contribution >= 4 is 15.9 Å². The van der Waals surface area contributed by atoms with E-state index in [0.717, 1.165) is 5.56 Å². The molecule has 1 atom stereocenters. The van der Waals surface area contributed by atoms with Crippen LogP contribution in [0.15, 0.2) is 40.9 Å². The van der Waals surface area contributed by atoms with Crippen molar-refractivity contribution in [2.24, 2.45) is 0 Å². The van der Waals surface area contributed by atoms with Crippen molar-refractivity contribution in [2.45, 2.75) is 13.0 Å². The molecule has 0 spiro atoms. The Kier molecular flexibility index (Phi) is 3.78. The Bertz CT molecular complexity index is 584. The number of rotatable bonds is 2. The van der Waals surface area contributed by atoms with Crippen LogP contribution < -0.4 is 0 Å². The number of aryl methyl sites for hydroxylation is 1. The van der Waals surface area contributed by atoms with Gasteiger partial charge in [-0.1, -0.05) is 12.1 Å². The van der Waals surface area contributed by atoms with E-state index < -0.39 is 17.7 Å². The van der Waals surface area contributed by atoms with Gasteiger partial charge in [0.1, 0.15) is 17.7 Å². The van der Waals surface area contributed by atoms with Gasteiger partial charge in [-0.25, -0.2) is 8.78 Å². The fraction of sp³-hybridized carbons (Fsp3) is 0.143. The van der Waals surface area contributed by atoms with Crippen LogP contribution in [0.25, 0.3) is 0 Å². The normalized spacial score (nSPS) is 12.5. The van der Waals surface area contributed by atoms with Crippen LogP contribution in [0.2, 0.25) is 0 Å². The lowest BCUT2D eigenvalue weighted by atomic mass is 9.97. The molecule has 2 aromatic carbocycles. The summed E-state index contributed by atoms with van der Waals surface area (Å²) in [5.74, 6) is -0.808. The zero-order valence-electron chi connectivity index (χ0n) is 9.62. The van der Waals surface area contributed by atoms with Gasteiger partial charge >= 0.3 is 0 Å². The first kappa shape index (κ1) is 13.2. The number of hydrogen-bond donors (Lipinski definition) is 1. The highest BCUT2D eigenvalue weighted by molar-refractivity contribution is 9.10. The second-order valence-electron chi connectivity index (χ2n) is 4.08. The molecule has 0 aliphatic rings. The lowest BCUT2D eigenvalue weighted by Crippen LogP contribution is -2.03. The van der Waals surface area contributed by atoms with E-state index in [1.54, 1.807) is 13.0 Å². The van der Waals surface area contributed by atoms with E-state index in [1.807, 2.05) is 0 Å². The van der Waals surface area contributed by atoms with Crippen LogP contribution >= 0.6 is 15.9 Å². The van der Waals surface area contributed by atoms with Gasteiger partial charge in [0.25, 0.3) is 0 Å². The van der Waals surface area contributed by atoms with E-state index in [4.69, 9.17) is 0 Å². The number of aliphatic hydroxyl groups excluding tert-OH is 1. The third-order valence-corrected chi connectivity index (χ3v) is 3.40. The molecule has 0 aliphatic heterocycles. The van der Waals surface area contributed by atoms with Crippen LogP contribution in [-0.4, -0.2) is 5.11 Å². The molecular weight excluding hydrogens is 302 g/mol. The zero-order chi connectivity index (χ0) is 13.3. The van der Waals surface area contributed by atoms with Gasteiger partial charge in [0.15, 0.2) is 0 Å². The van der Waals surface area contributed by atoms with E-state index in [2.05, 4.69) is 15.9 Å². The summed E-state index contributed by atoms with van der Waals surface area (Å²) in [6, 6.07) is 8.46. The number of hydrogen-bond acceptors (Lipinski definition) is 1. The Balaban J connectivity index is 2.44. The first-order valence-electron chi connectivity index (χ1n) is 5.38. The van der Waals surface area contributed by atoms with Crippen molar-refractivity contribution in [1.29, 1.82) is 0 Å². The first-order chi connectivity index (χ1) is 8.49. The highest BCUT2D eigenvalue weighted by atomic mass is 79.9. The summed E-state index contributed by atoms with van der Waals surface area (Å²) in [4.78, 5) is 0. The van der Waals surface area contributed by atoms with Crippen LogP contribution in [0.1, 0.15) is 22.8 Å². The molecule has 0 saturated carbocycles. The monoisotopic (exact) mass is 312 g/mol. The zero-order valence-corrected chi connectivity index (χ0v) is 11.2. The lowest BCUT2D eigenvalue weighted by Gasteiger charge is -2.14. The molecule has 0 bridgehead atoms. The van der Waals surface area contributed by atoms with Gasteiger partial charge < -0.3 is 5.11 Å². The highest BCUT2D eigenvalue weighted by Crippen LogP contribution is 2.28. The van der Waals surface area contributed by atoms with Gasteiger partial charge in [0, 0.05) is 0 Å². The Hall–Kier alpha value is -1.26. The van der Waals surface area contributed by atoms with Crippen molar-refractivity contribution in [3.63, 3.8) is 0 Å². The Morgan fingerprint density at radius 2 is 1.83 bits per heavy atom. The summed E-state index contributed by atoms with van der Waals surface area (Å²) in [6.45, 7) is 1.79. The molecule has 4 heteroatoms. The van der Waals surface area contributed by atoms with Crippen LogP contribution in [0.3, 0.4) is 0 Å². The Morgan fingerprint density at radius 3 is 2.50 bits per heavy atom. The average Bonchev–Trinajstić information content (AvgIpc) is 2.35. The van der Waals surface area contributed by atoms with Crippen molar-refractivity contribution in [1.82, 2.24) is 0 Å². The molecule has 0 aromatic heterocycles. The standard InChI is InChI=1S/C14H11BrF2O/c1-8-2-4-10(16)7-11(8)14(18)9-3-5-13(17)12(15)6-9/h2-7,14,18H,1H3. The quantitative estimate of drug-likeness (QED) is 0.884. The molecule has 2 rings (SSSR count). The largest absolute Gasteiger partial charge is 0.384 e. The fourth-order valence-corrected chi connectivity index (χ4v) is 2.16. The van der Waals surface area contributed by atoms with Gasteiger partial charge in [-0.3, -0.25) is 0 Å². The molecule has 18 heavy (non-hydrogen) atoms. The van der Waals surface area contributed by atoms with Crippen LogP contribution in [0.5, 0.6) is 0 Å². The molecular formula is C14H11BrF2O.